The Balaban J connectivity index is 2.14. The number of rotatable bonds is 2. The van der Waals surface area contributed by atoms with E-state index < -0.39 is 0 Å². The zero-order chi connectivity index (χ0) is 16.4. The predicted octanol–water partition coefficient (Wildman–Crippen LogP) is 3.79. The Morgan fingerprint density at radius 3 is 2.52 bits per heavy atom. The van der Waals surface area contributed by atoms with Crippen molar-refractivity contribution in [1.82, 2.24) is 4.57 Å². The first-order valence-electron chi connectivity index (χ1n) is 7.37. The van der Waals surface area contributed by atoms with Crippen molar-refractivity contribution >= 4 is 16.6 Å². The molecule has 3 rings (SSSR count). The Morgan fingerprint density at radius 2 is 1.87 bits per heavy atom. The highest BCUT2D eigenvalue weighted by molar-refractivity contribution is 5.96. The lowest BCUT2D eigenvalue weighted by Crippen LogP contribution is -1.99. The Labute approximate surface area is 134 Å². The molecule has 0 aliphatic carbocycles. The van der Waals surface area contributed by atoms with Crippen molar-refractivity contribution in [3.8, 4) is 17.6 Å². The zero-order valence-corrected chi connectivity index (χ0v) is 13.1. The van der Waals surface area contributed by atoms with Crippen LogP contribution in [0.25, 0.3) is 10.9 Å². The van der Waals surface area contributed by atoms with Gasteiger partial charge >= 0.3 is 0 Å². The van der Waals surface area contributed by atoms with Crippen molar-refractivity contribution < 1.29 is 9.13 Å². The second-order valence-corrected chi connectivity index (χ2v) is 5.15. The molecule has 0 unspecified atom stereocenters. The molecule has 23 heavy (non-hydrogen) atoms. The molecule has 0 bridgehead atoms. The number of aryl methyl sites for hydroxylation is 1. The third-order valence-electron chi connectivity index (χ3n) is 3.80. The number of benzene rings is 2. The smallest absolute Gasteiger partial charge is 0.123 e. The van der Waals surface area contributed by atoms with Gasteiger partial charge in [-0.1, -0.05) is 5.92 Å². The quantitative estimate of drug-likeness (QED) is 0.732. The average Bonchev–Trinajstić information content (AvgIpc) is 2.85. The molecule has 1 heterocycles. The maximum absolute atomic E-state index is 13.0. The molecule has 0 radical (unpaired) electrons. The van der Waals surface area contributed by atoms with E-state index in [-0.39, 0.29) is 5.82 Å². The van der Waals surface area contributed by atoms with Crippen LogP contribution in [0.3, 0.4) is 0 Å². The predicted molar refractivity (Wildman–Crippen MR) is 91.0 cm³/mol. The lowest BCUT2D eigenvalue weighted by atomic mass is 10.2. The topological polar surface area (TPSA) is 40.2 Å². The van der Waals surface area contributed by atoms with E-state index >= 15 is 0 Å². The molecule has 2 aromatic carbocycles. The minimum Gasteiger partial charge on any atom is -0.497 e. The first-order valence-corrected chi connectivity index (χ1v) is 7.37. The molecule has 0 atom stereocenters. The molecule has 3 aromatic rings. The molecule has 2 N–H and O–H groups in total. The molecular formula is C19H17FN2O. The second kappa shape index (κ2) is 6.05. The molecule has 116 valence electrons. The minimum atomic E-state index is -0.273. The lowest BCUT2D eigenvalue weighted by Gasteiger charge is -2.04. The Bertz CT molecular complexity index is 914. The number of aromatic nitrogens is 1. The second-order valence-electron chi connectivity index (χ2n) is 5.15. The van der Waals surface area contributed by atoms with Gasteiger partial charge in [0, 0.05) is 23.6 Å². The Kier molecular flexibility index (Phi) is 3.94. The van der Waals surface area contributed by atoms with Gasteiger partial charge in [-0.05, 0) is 49.2 Å². The van der Waals surface area contributed by atoms with Gasteiger partial charge in [0.2, 0.25) is 0 Å². The van der Waals surface area contributed by atoms with Gasteiger partial charge < -0.3 is 15.0 Å². The Hall–Kier alpha value is -2.93. The molecule has 0 amide bonds. The van der Waals surface area contributed by atoms with Gasteiger partial charge in [0.25, 0.3) is 0 Å². The van der Waals surface area contributed by atoms with Gasteiger partial charge in [-0.2, -0.15) is 0 Å². The summed E-state index contributed by atoms with van der Waals surface area (Å²) in [4.78, 5) is 0. The number of hydrogen-bond donors (Lipinski definition) is 1. The molecule has 0 saturated heterocycles. The van der Waals surface area contributed by atoms with E-state index in [0.717, 1.165) is 34.5 Å². The van der Waals surface area contributed by atoms with Crippen molar-refractivity contribution in [2.24, 2.45) is 0 Å². The van der Waals surface area contributed by atoms with Gasteiger partial charge in [-0.3, -0.25) is 0 Å². The SMILES string of the molecule is CCn1c(C#Cc2ccc(F)cc2)c(N)c2ccc(OC)cc21. The lowest BCUT2D eigenvalue weighted by molar-refractivity contribution is 0.415. The average molecular weight is 308 g/mol. The summed E-state index contributed by atoms with van der Waals surface area (Å²) in [6, 6.07) is 11.9. The van der Waals surface area contributed by atoms with Crippen molar-refractivity contribution in [3.63, 3.8) is 0 Å². The monoisotopic (exact) mass is 308 g/mol. The van der Waals surface area contributed by atoms with Crippen molar-refractivity contribution in [1.29, 1.82) is 0 Å². The number of ether oxygens (including phenoxy) is 1. The third-order valence-corrected chi connectivity index (χ3v) is 3.80. The van der Waals surface area contributed by atoms with Crippen LogP contribution in [-0.4, -0.2) is 11.7 Å². The van der Waals surface area contributed by atoms with Crippen molar-refractivity contribution in [2.45, 2.75) is 13.5 Å². The molecular weight excluding hydrogens is 291 g/mol. The summed E-state index contributed by atoms with van der Waals surface area (Å²) < 4.78 is 20.3. The maximum atomic E-state index is 13.0. The van der Waals surface area contributed by atoms with Crippen LogP contribution in [0.15, 0.2) is 42.5 Å². The van der Waals surface area contributed by atoms with Crippen LogP contribution in [0.4, 0.5) is 10.1 Å². The van der Waals surface area contributed by atoms with E-state index in [1.54, 1.807) is 19.2 Å². The van der Waals surface area contributed by atoms with Crippen LogP contribution < -0.4 is 10.5 Å². The zero-order valence-electron chi connectivity index (χ0n) is 13.1. The summed E-state index contributed by atoms with van der Waals surface area (Å²) in [7, 11) is 1.64. The van der Waals surface area contributed by atoms with E-state index in [0.29, 0.717) is 5.69 Å². The maximum Gasteiger partial charge on any atom is 0.123 e. The van der Waals surface area contributed by atoms with Crippen LogP contribution >= 0.6 is 0 Å². The molecule has 0 aliphatic heterocycles. The third kappa shape index (κ3) is 2.74. The number of methoxy groups -OCH3 is 1. The van der Waals surface area contributed by atoms with E-state index in [2.05, 4.69) is 16.4 Å². The highest BCUT2D eigenvalue weighted by Crippen LogP contribution is 2.31. The highest BCUT2D eigenvalue weighted by atomic mass is 19.1. The summed E-state index contributed by atoms with van der Waals surface area (Å²) in [5.41, 5.74) is 9.43. The number of nitrogens with zero attached hydrogens (tertiary/aromatic N) is 1. The standard InChI is InChI=1S/C19H17FN2O/c1-3-22-17(11-6-13-4-7-14(20)8-5-13)19(21)16-10-9-15(23-2)12-18(16)22/h4-5,7-10,12H,3,21H2,1-2H3. The largest absolute Gasteiger partial charge is 0.497 e. The van der Waals surface area contributed by atoms with Gasteiger partial charge in [0.15, 0.2) is 0 Å². The number of hydrogen-bond acceptors (Lipinski definition) is 2. The van der Waals surface area contributed by atoms with Gasteiger partial charge in [0.1, 0.15) is 17.3 Å². The first-order chi connectivity index (χ1) is 11.1. The van der Waals surface area contributed by atoms with E-state index in [4.69, 9.17) is 10.5 Å². The summed E-state index contributed by atoms with van der Waals surface area (Å²) in [6.07, 6.45) is 0. The van der Waals surface area contributed by atoms with Crippen LogP contribution in [0, 0.1) is 17.7 Å². The molecule has 0 fully saturated rings. The van der Waals surface area contributed by atoms with Crippen molar-refractivity contribution in [3.05, 3.63) is 59.5 Å². The fraction of sp³-hybridized carbons (Fsp3) is 0.158. The number of nitrogen functional groups attached to an aromatic ring is 1. The Morgan fingerprint density at radius 1 is 1.13 bits per heavy atom. The van der Waals surface area contributed by atoms with Crippen molar-refractivity contribution in [2.75, 3.05) is 12.8 Å². The summed E-state index contributed by atoms with van der Waals surface area (Å²) >= 11 is 0. The molecule has 0 aliphatic rings. The molecule has 4 heteroatoms. The summed E-state index contributed by atoms with van der Waals surface area (Å²) in [5, 5.41) is 0.955. The van der Waals surface area contributed by atoms with Gasteiger partial charge in [-0.15, -0.1) is 0 Å². The van der Waals surface area contributed by atoms with Gasteiger partial charge in [0.05, 0.1) is 18.3 Å². The van der Waals surface area contributed by atoms with Crippen LogP contribution in [0.1, 0.15) is 18.2 Å². The van der Waals surface area contributed by atoms with Crippen LogP contribution in [-0.2, 0) is 6.54 Å². The molecule has 0 spiro atoms. The van der Waals surface area contributed by atoms with Crippen LogP contribution in [0.5, 0.6) is 5.75 Å². The normalized spacial score (nSPS) is 10.4. The minimum absolute atomic E-state index is 0.273. The van der Waals surface area contributed by atoms with E-state index in [1.165, 1.54) is 12.1 Å². The molecule has 1 aromatic heterocycles. The molecule has 0 saturated carbocycles. The number of fused-ring (bicyclic) bond motifs is 1. The fourth-order valence-corrected chi connectivity index (χ4v) is 2.61. The fourth-order valence-electron chi connectivity index (χ4n) is 2.61. The highest BCUT2D eigenvalue weighted by Gasteiger charge is 2.13. The van der Waals surface area contributed by atoms with E-state index in [1.807, 2.05) is 25.1 Å². The number of anilines is 1. The van der Waals surface area contributed by atoms with E-state index in [9.17, 15) is 4.39 Å². The summed E-state index contributed by atoms with van der Waals surface area (Å²) in [6.45, 7) is 2.79. The number of halogens is 1. The molecule has 3 nitrogen and oxygen atoms in total. The van der Waals surface area contributed by atoms with Crippen LogP contribution in [0.2, 0.25) is 0 Å². The first kappa shape index (κ1) is 15.0. The van der Waals surface area contributed by atoms with Gasteiger partial charge in [-0.25, -0.2) is 4.39 Å². The number of nitrogens with two attached hydrogens (primary N) is 1. The summed E-state index contributed by atoms with van der Waals surface area (Å²) in [5.74, 6) is 6.67.